The van der Waals surface area contributed by atoms with Gasteiger partial charge in [-0.1, -0.05) is 84.4 Å². The van der Waals surface area contributed by atoms with Crippen LogP contribution in [-0.4, -0.2) is 85.1 Å². The van der Waals surface area contributed by atoms with Gasteiger partial charge in [0, 0.05) is 43.0 Å². The van der Waals surface area contributed by atoms with Crippen LogP contribution < -0.4 is 5.32 Å². The molecule has 2 aliphatic heterocycles. The number of halogens is 1. The quantitative estimate of drug-likeness (QED) is 0.203. The average molecular weight is 673 g/mol. The van der Waals surface area contributed by atoms with Crippen molar-refractivity contribution in [2.75, 3.05) is 53.4 Å². The molecule has 258 valence electrons. The van der Waals surface area contributed by atoms with Gasteiger partial charge in [0.05, 0.1) is 5.60 Å². The Morgan fingerprint density at radius 1 is 0.875 bits per heavy atom. The first-order valence-electron chi connectivity index (χ1n) is 17.7. The maximum absolute atomic E-state index is 12.9. The molecule has 0 spiro atoms. The molecule has 5 rings (SSSR count). The normalized spacial score (nSPS) is 17.4. The van der Waals surface area contributed by atoms with Crippen molar-refractivity contribution in [1.29, 1.82) is 0 Å². The van der Waals surface area contributed by atoms with Crippen LogP contribution in [0.25, 0.3) is 0 Å². The van der Waals surface area contributed by atoms with Crippen LogP contribution in [0.4, 0.5) is 4.79 Å². The van der Waals surface area contributed by atoms with Gasteiger partial charge in [-0.15, -0.1) is 0 Å². The Morgan fingerprint density at radius 2 is 1.46 bits per heavy atom. The smallest absolute Gasteiger partial charge is 0.324 e. The third-order valence-corrected chi connectivity index (χ3v) is 10.8. The molecule has 2 N–H and O–H groups in total. The summed E-state index contributed by atoms with van der Waals surface area (Å²) < 4.78 is 0. The Balaban J connectivity index is 1.23. The fourth-order valence-electron chi connectivity index (χ4n) is 7.76. The van der Waals surface area contributed by atoms with Gasteiger partial charge in [-0.2, -0.15) is 0 Å². The van der Waals surface area contributed by atoms with Gasteiger partial charge in [0.25, 0.3) is 0 Å². The van der Waals surface area contributed by atoms with Gasteiger partial charge in [0.15, 0.2) is 0 Å². The molecule has 0 aromatic heterocycles. The van der Waals surface area contributed by atoms with Crippen LogP contribution in [0.2, 0.25) is 5.02 Å². The first-order valence-corrected chi connectivity index (χ1v) is 18.1. The summed E-state index contributed by atoms with van der Waals surface area (Å²) in [7, 11) is 3.97. The van der Waals surface area contributed by atoms with Crippen molar-refractivity contribution in [3.8, 4) is 0 Å². The number of piperidine rings is 2. The van der Waals surface area contributed by atoms with E-state index in [2.05, 4.69) is 70.9 Å². The molecule has 0 radical (unpaired) electrons. The highest BCUT2D eigenvalue weighted by Crippen LogP contribution is 2.44. The van der Waals surface area contributed by atoms with E-state index in [0.717, 1.165) is 70.3 Å². The van der Waals surface area contributed by atoms with Crippen LogP contribution in [0.3, 0.4) is 0 Å². The summed E-state index contributed by atoms with van der Waals surface area (Å²) in [6, 6.07) is 29.3. The molecule has 2 aliphatic rings. The number of imide groups is 1. The van der Waals surface area contributed by atoms with E-state index in [1.165, 1.54) is 11.1 Å². The van der Waals surface area contributed by atoms with Crippen molar-refractivity contribution in [1.82, 2.24) is 20.0 Å². The van der Waals surface area contributed by atoms with Crippen molar-refractivity contribution in [3.63, 3.8) is 0 Å². The van der Waals surface area contributed by atoms with Crippen molar-refractivity contribution in [2.24, 2.45) is 5.92 Å². The second kappa shape index (κ2) is 16.9. The van der Waals surface area contributed by atoms with E-state index >= 15 is 0 Å². The van der Waals surface area contributed by atoms with Gasteiger partial charge < -0.3 is 19.8 Å². The van der Waals surface area contributed by atoms with Crippen LogP contribution in [0.15, 0.2) is 84.9 Å². The Hall–Kier alpha value is -3.23. The molecular formula is C40H53ClN4O3. The zero-order chi connectivity index (χ0) is 34.0. The molecule has 0 saturated carbocycles. The summed E-state index contributed by atoms with van der Waals surface area (Å²) in [5.41, 5.74) is 2.68. The maximum atomic E-state index is 12.9. The number of nitrogens with zero attached hydrogens (tertiary/aromatic N) is 3. The number of urea groups is 1. The monoisotopic (exact) mass is 672 g/mol. The highest BCUT2D eigenvalue weighted by Gasteiger charge is 2.39. The number of amides is 3. The molecule has 48 heavy (non-hydrogen) atoms. The molecule has 8 heteroatoms. The number of hydrogen-bond donors (Lipinski definition) is 2. The van der Waals surface area contributed by atoms with Crippen molar-refractivity contribution in [2.45, 2.75) is 68.8 Å². The Kier molecular flexibility index (Phi) is 12.7. The average Bonchev–Trinajstić information content (AvgIpc) is 3.10. The number of carbonyl (C=O) groups is 2. The van der Waals surface area contributed by atoms with Crippen LogP contribution in [-0.2, 0) is 15.8 Å². The lowest BCUT2D eigenvalue weighted by atomic mass is 9.65. The lowest BCUT2D eigenvalue weighted by molar-refractivity contribution is -0.120. The fraction of sp³-hybridized carbons (Fsp3) is 0.500. The van der Waals surface area contributed by atoms with Crippen molar-refractivity contribution < 1.29 is 14.7 Å². The van der Waals surface area contributed by atoms with Gasteiger partial charge in [-0.05, 0) is 113 Å². The number of carbonyl (C=O) groups excluding carboxylic acids is 2. The van der Waals surface area contributed by atoms with Crippen LogP contribution >= 0.6 is 11.6 Å². The molecule has 0 unspecified atom stereocenters. The summed E-state index contributed by atoms with van der Waals surface area (Å²) in [5.74, 6) is 0.258. The minimum absolute atomic E-state index is 0.153. The molecule has 2 heterocycles. The molecule has 0 bridgehead atoms. The summed E-state index contributed by atoms with van der Waals surface area (Å²) in [6.07, 6.45) is 7.42. The third-order valence-electron chi connectivity index (χ3n) is 10.6. The molecule has 3 aromatic carbocycles. The van der Waals surface area contributed by atoms with Crippen LogP contribution in [0.5, 0.6) is 0 Å². The van der Waals surface area contributed by atoms with Gasteiger partial charge in [0.2, 0.25) is 5.91 Å². The Bertz CT molecular complexity index is 1390. The first-order chi connectivity index (χ1) is 23.2. The first kappa shape index (κ1) is 36.1. The lowest BCUT2D eigenvalue weighted by Gasteiger charge is -2.42. The molecule has 3 amide bonds. The molecule has 7 nitrogen and oxygen atoms in total. The van der Waals surface area contributed by atoms with E-state index in [0.29, 0.717) is 43.3 Å². The number of likely N-dealkylation sites (tertiary alicyclic amines) is 2. The summed E-state index contributed by atoms with van der Waals surface area (Å²) in [6.45, 7) is 4.85. The Morgan fingerprint density at radius 3 is 2.02 bits per heavy atom. The second-order valence-corrected chi connectivity index (χ2v) is 14.6. The Labute approximate surface area is 292 Å². The summed E-state index contributed by atoms with van der Waals surface area (Å²) in [4.78, 5) is 31.7. The molecule has 2 saturated heterocycles. The van der Waals surface area contributed by atoms with E-state index in [4.69, 9.17) is 11.6 Å². The minimum Gasteiger partial charge on any atom is -0.385 e. The predicted molar refractivity (Wildman–Crippen MR) is 194 cm³/mol. The second-order valence-electron chi connectivity index (χ2n) is 14.2. The SMILES string of the molecule is CN(C)CCCC(=O)NC(=O)N1CCC(CC(CCCN2CCC(O)(c3ccc(Cl)cc3)CC2)(c2ccccc2)c2ccccc2)CC1. The van der Waals surface area contributed by atoms with Crippen molar-refractivity contribution >= 4 is 23.5 Å². The largest absolute Gasteiger partial charge is 0.385 e. The topological polar surface area (TPSA) is 76.1 Å². The molecular weight excluding hydrogens is 620 g/mol. The van der Waals surface area contributed by atoms with Gasteiger partial charge in [-0.3, -0.25) is 10.1 Å². The van der Waals surface area contributed by atoms with E-state index < -0.39 is 5.60 Å². The zero-order valence-electron chi connectivity index (χ0n) is 28.8. The molecule has 0 aliphatic carbocycles. The summed E-state index contributed by atoms with van der Waals surface area (Å²) in [5, 5.41) is 14.7. The standard InChI is InChI=1S/C40H53ClN4O3/c1-43(2)25-9-15-37(46)42-38(47)45-27-20-32(21-28-45)31-39(33-11-5-3-6-12-33,34-13-7-4-8-14-34)22-10-26-44-29-23-40(48,24-30-44)35-16-18-36(41)19-17-35/h3-8,11-14,16-19,32,48H,9-10,15,20-31H2,1-2H3,(H,42,46,47). The zero-order valence-corrected chi connectivity index (χ0v) is 29.5. The van der Waals surface area contributed by atoms with Crippen LogP contribution in [0.1, 0.15) is 74.5 Å². The van der Waals surface area contributed by atoms with Crippen molar-refractivity contribution in [3.05, 3.63) is 107 Å². The van der Waals surface area contributed by atoms with E-state index in [1.54, 1.807) is 0 Å². The number of hydrogen-bond acceptors (Lipinski definition) is 5. The number of benzene rings is 3. The van der Waals surface area contributed by atoms with Crippen LogP contribution in [0, 0.1) is 5.92 Å². The summed E-state index contributed by atoms with van der Waals surface area (Å²) >= 11 is 6.10. The van der Waals surface area contributed by atoms with Gasteiger partial charge in [-0.25, -0.2) is 4.79 Å². The molecule has 3 aromatic rings. The van der Waals surface area contributed by atoms with E-state index in [1.807, 2.05) is 48.2 Å². The highest BCUT2D eigenvalue weighted by molar-refractivity contribution is 6.30. The third kappa shape index (κ3) is 9.47. The van der Waals surface area contributed by atoms with E-state index in [9.17, 15) is 14.7 Å². The molecule has 2 fully saturated rings. The number of aliphatic hydroxyl groups is 1. The predicted octanol–water partition coefficient (Wildman–Crippen LogP) is 7.07. The molecule has 0 atom stereocenters. The number of nitrogens with one attached hydrogen (secondary N) is 1. The van der Waals surface area contributed by atoms with Gasteiger partial charge in [0.1, 0.15) is 0 Å². The fourth-order valence-corrected chi connectivity index (χ4v) is 7.88. The maximum Gasteiger partial charge on any atom is 0.324 e. The highest BCUT2D eigenvalue weighted by atomic mass is 35.5. The van der Waals surface area contributed by atoms with E-state index in [-0.39, 0.29) is 17.4 Å². The van der Waals surface area contributed by atoms with Gasteiger partial charge >= 0.3 is 6.03 Å². The lowest BCUT2D eigenvalue weighted by Crippen LogP contribution is -2.47. The minimum atomic E-state index is -0.802. The number of rotatable bonds is 13.